The molecule has 5 amide bonds. The monoisotopic (exact) mass is 759 g/mol. The first-order chi connectivity index (χ1) is 26.6. The van der Waals surface area contributed by atoms with Crippen LogP contribution in [0.1, 0.15) is 75.4 Å². The smallest absolute Gasteiger partial charge is 0.264 e. The summed E-state index contributed by atoms with van der Waals surface area (Å²) in [5.74, 6) is -1.83. The van der Waals surface area contributed by atoms with Crippen molar-refractivity contribution in [2.75, 3.05) is 54.5 Å². The zero-order valence-corrected chi connectivity index (χ0v) is 30.7. The first kappa shape index (κ1) is 38.1. The summed E-state index contributed by atoms with van der Waals surface area (Å²) in [6.07, 6.45) is 5.03. The number of carbonyl (C=O) groups excluding carboxylic acids is 5. The molecule has 3 saturated heterocycles. The number of benzene rings is 2. The maximum absolute atomic E-state index is 13.8. The highest BCUT2D eigenvalue weighted by Crippen LogP contribution is 2.38. The summed E-state index contributed by atoms with van der Waals surface area (Å²) in [5, 5.41) is 5.24. The number of rotatable bonds is 8. The Kier molecular flexibility index (Phi) is 10.8. The minimum absolute atomic E-state index is 0. The number of carbonyl (C=O) groups is 5. The van der Waals surface area contributed by atoms with Crippen molar-refractivity contribution in [3.63, 3.8) is 0 Å². The Labute approximate surface area is 325 Å². The molecule has 6 heterocycles. The van der Waals surface area contributed by atoms with Gasteiger partial charge in [-0.05, 0) is 56.7 Å². The minimum Gasteiger partial charge on any atom is -0.473 e. The molecule has 0 radical (unpaired) electrons. The number of anilines is 3. The van der Waals surface area contributed by atoms with Crippen molar-refractivity contribution >= 4 is 46.6 Å². The van der Waals surface area contributed by atoms with Crippen molar-refractivity contribution in [3.8, 4) is 17.0 Å². The molecule has 14 heteroatoms. The highest BCUT2D eigenvalue weighted by atomic mass is 16.5. The zero-order chi connectivity index (χ0) is 38.2. The van der Waals surface area contributed by atoms with E-state index in [1.54, 1.807) is 30.6 Å². The lowest BCUT2D eigenvalue weighted by Gasteiger charge is -2.38. The van der Waals surface area contributed by atoms with Crippen molar-refractivity contribution in [1.82, 2.24) is 20.2 Å². The number of amides is 5. The van der Waals surface area contributed by atoms with Crippen molar-refractivity contribution in [2.24, 2.45) is 0 Å². The lowest BCUT2D eigenvalue weighted by molar-refractivity contribution is -0.136. The minimum atomic E-state index is -1.03. The molecule has 2 aromatic carbocycles. The molecule has 4 aliphatic heterocycles. The van der Waals surface area contributed by atoms with Crippen molar-refractivity contribution in [3.05, 3.63) is 94.9 Å². The Balaban J connectivity index is 0.00000480. The summed E-state index contributed by atoms with van der Waals surface area (Å²) < 4.78 is 12.1. The summed E-state index contributed by atoms with van der Waals surface area (Å²) in [6.45, 7) is 7.26. The second kappa shape index (κ2) is 15.9. The van der Waals surface area contributed by atoms with Crippen LogP contribution in [-0.4, -0.2) is 95.9 Å². The third-order valence-electron chi connectivity index (χ3n) is 10.6. The van der Waals surface area contributed by atoms with E-state index in [0.29, 0.717) is 62.2 Å². The van der Waals surface area contributed by atoms with E-state index in [1.165, 1.54) is 0 Å². The summed E-state index contributed by atoms with van der Waals surface area (Å²) in [7, 11) is 0. The van der Waals surface area contributed by atoms with Crippen molar-refractivity contribution in [2.45, 2.75) is 59.1 Å². The first-order valence-electron chi connectivity index (χ1n) is 18.6. The number of imide groups is 2. The van der Waals surface area contributed by atoms with Crippen LogP contribution in [0.15, 0.2) is 67.0 Å². The lowest BCUT2D eigenvalue weighted by Crippen LogP contribution is -2.54. The van der Waals surface area contributed by atoms with Gasteiger partial charge in [-0.15, -0.1) is 0 Å². The first-order valence-corrected chi connectivity index (χ1v) is 18.6. The molecule has 0 spiro atoms. The van der Waals surface area contributed by atoms with Crippen molar-refractivity contribution in [1.29, 1.82) is 0 Å². The van der Waals surface area contributed by atoms with Crippen LogP contribution in [0.25, 0.3) is 11.1 Å². The molecule has 56 heavy (non-hydrogen) atoms. The number of hydrogen-bond donors (Lipinski definition) is 2. The number of piperidine rings is 1. The molecule has 1 unspecified atom stereocenters. The number of hydrogen-bond acceptors (Lipinski definition) is 11. The number of aryl methyl sites for hydroxylation is 2. The fourth-order valence-corrected chi connectivity index (χ4v) is 7.69. The SMILES string of the molecule is C.Cc1cccc(C(=O)Nc2cnc(C)c(-c3cnc(OC4CCOCC4)c(N4CCN(c5cccc6c5C(=O)N(C5CCC(=O)NC5=O)C6=O)CC4)c3)c2)c1. The van der Waals surface area contributed by atoms with Gasteiger partial charge in [-0.25, -0.2) is 4.98 Å². The van der Waals surface area contributed by atoms with Crippen LogP contribution in [0.5, 0.6) is 5.88 Å². The molecule has 2 aromatic heterocycles. The molecule has 14 nitrogen and oxygen atoms in total. The summed E-state index contributed by atoms with van der Waals surface area (Å²) in [5.41, 5.74) is 6.47. The Morgan fingerprint density at radius 3 is 2.30 bits per heavy atom. The molecule has 3 fully saturated rings. The van der Waals surface area contributed by atoms with Gasteiger partial charge in [-0.3, -0.25) is 39.2 Å². The van der Waals surface area contributed by atoms with Crippen molar-refractivity contribution < 1.29 is 33.4 Å². The standard InChI is InChI=1S/C41H41N7O7.CH4/c1-24-5-3-6-26(19-24)37(50)44-28-21-31(25(2)42-23-28)27-20-34(39(43-22-27)55-29-11-17-54-18-12-29)47-15-13-46(14-16-47)32-8-4-7-30-36(32)41(53)48(40(30)52)33-9-10-35(49)45-38(33)51;/h3-8,19-23,29,33H,9-18H2,1-2H3,(H,44,50)(H,45,49,51);1H4. The molecule has 4 aliphatic rings. The van der Waals surface area contributed by atoms with E-state index in [1.807, 2.05) is 50.2 Å². The average Bonchev–Trinajstić information content (AvgIpc) is 3.45. The third-order valence-corrected chi connectivity index (χ3v) is 10.6. The second-order valence-electron chi connectivity index (χ2n) is 14.3. The van der Waals surface area contributed by atoms with E-state index < -0.39 is 29.7 Å². The van der Waals surface area contributed by atoms with E-state index in [2.05, 4.69) is 25.4 Å². The quantitative estimate of drug-likeness (QED) is 0.234. The number of nitrogens with zero attached hydrogens (tertiary/aromatic N) is 5. The van der Waals surface area contributed by atoms with Gasteiger partial charge in [0.05, 0.1) is 41.9 Å². The average molecular weight is 760 g/mol. The van der Waals surface area contributed by atoms with E-state index in [9.17, 15) is 24.0 Å². The molecule has 4 aromatic rings. The topological polar surface area (TPSA) is 163 Å². The van der Waals surface area contributed by atoms with E-state index >= 15 is 0 Å². The van der Waals surface area contributed by atoms with Crippen LogP contribution in [0, 0.1) is 13.8 Å². The molecule has 8 rings (SSSR count). The van der Waals surface area contributed by atoms with Gasteiger partial charge < -0.3 is 24.6 Å². The Morgan fingerprint density at radius 2 is 1.57 bits per heavy atom. The molecule has 1 atom stereocenters. The molecule has 290 valence electrons. The predicted molar refractivity (Wildman–Crippen MR) is 210 cm³/mol. The van der Waals surface area contributed by atoms with E-state index in [-0.39, 0.29) is 43.4 Å². The number of fused-ring (bicyclic) bond motifs is 1. The normalized spacial score (nSPS) is 18.7. The number of piperazine rings is 1. The van der Waals surface area contributed by atoms with Gasteiger partial charge >= 0.3 is 0 Å². The van der Waals surface area contributed by atoms with Gasteiger partial charge in [0.2, 0.25) is 17.7 Å². The van der Waals surface area contributed by atoms with Crippen LogP contribution < -0.4 is 25.2 Å². The fourth-order valence-electron chi connectivity index (χ4n) is 7.69. The van der Waals surface area contributed by atoms with Gasteiger partial charge in [0, 0.05) is 74.0 Å². The van der Waals surface area contributed by atoms with Gasteiger partial charge in [0.15, 0.2) is 0 Å². The molecule has 2 N–H and O–H groups in total. The largest absolute Gasteiger partial charge is 0.473 e. The fraction of sp³-hybridized carbons (Fsp3) is 0.357. The predicted octanol–water partition coefficient (Wildman–Crippen LogP) is 4.93. The summed E-state index contributed by atoms with van der Waals surface area (Å²) >= 11 is 0. The number of nitrogens with one attached hydrogen (secondary N) is 2. The number of ether oxygens (including phenoxy) is 2. The van der Waals surface area contributed by atoms with E-state index in [4.69, 9.17) is 14.5 Å². The Bertz CT molecular complexity index is 2210. The number of aromatic nitrogens is 2. The summed E-state index contributed by atoms with van der Waals surface area (Å²) in [6, 6.07) is 15.5. The Hall–Kier alpha value is -6.15. The molecule has 0 saturated carbocycles. The van der Waals surface area contributed by atoms with Crippen LogP contribution in [-0.2, 0) is 14.3 Å². The Morgan fingerprint density at radius 1 is 0.839 bits per heavy atom. The highest BCUT2D eigenvalue weighted by molar-refractivity contribution is 6.25. The van der Waals surface area contributed by atoms with Crippen LogP contribution in [0.2, 0.25) is 0 Å². The maximum atomic E-state index is 13.8. The highest BCUT2D eigenvalue weighted by Gasteiger charge is 2.46. The second-order valence-corrected chi connectivity index (χ2v) is 14.3. The van der Waals surface area contributed by atoms with Crippen LogP contribution in [0.4, 0.5) is 17.1 Å². The van der Waals surface area contributed by atoms with Gasteiger partial charge in [-0.1, -0.05) is 31.2 Å². The molecular weight excluding hydrogens is 715 g/mol. The zero-order valence-electron chi connectivity index (χ0n) is 30.7. The van der Waals surface area contributed by atoms with Gasteiger partial charge in [0.25, 0.3) is 17.7 Å². The van der Waals surface area contributed by atoms with Gasteiger partial charge in [0.1, 0.15) is 17.8 Å². The van der Waals surface area contributed by atoms with Crippen LogP contribution in [0.3, 0.4) is 0 Å². The molecule has 0 bridgehead atoms. The van der Waals surface area contributed by atoms with E-state index in [0.717, 1.165) is 45.8 Å². The maximum Gasteiger partial charge on any atom is 0.264 e. The lowest BCUT2D eigenvalue weighted by atomic mass is 10.0. The number of pyridine rings is 2. The van der Waals surface area contributed by atoms with Crippen LogP contribution >= 0.6 is 0 Å². The van der Waals surface area contributed by atoms with Gasteiger partial charge in [-0.2, -0.15) is 0 Å². The molecule has 0 aliphatic carbocycles. The molecular formula is C42H45N7O7. The third kappa shape index (κ3) is 7.44. The summed E-state index contributed by atoms with van der Waals surface area (Å²) in [4.78, 5) is 79.6.